The van der Waals surface area contributed by atoms with Crippen LogP contribution < -0.4 is 15.7 Å². The molecule has 170 valence electrons. The molecule has 0 spiro atoms. The third-order valence-corrected chi connectivity index (χ3v) is 8.69. The molecule has 0 radical (unpaired) electrons. The minimum absolute atomic E-state index is 0. The van der Waals surface area contributed by atoms with Crippen molar-refractivity contribution in [3.05, 3.63) is 78.9 Å². The third kappa shape index (κ3) is 12.5. The van der Waals surface area contributed by atoms with Gasteiger partial charge in [0, 0.05) is 17.4 Å². The Morgan fingerprint density at radius 1 is 0.548 bits per heavy atom. The van der Waals surface area contributed by atoms with E-state index < -0.39 is 16.1 Å². The molecule has 3 aromatic carbocycles. The van der Waals surface area contributed by atoms with E-state index >= 15 is 0 Å². The van der Waals surface area contributed by atoms with Crippen LogP contribution in [-0.4, -0.2) is 26.4 Å². The van der Waals surface area contributed by atoms with Gasteiger partial charge in [0.15, 0.2) is 0 Å². The van der Waals surface area contributed by atoms with Crippen LogP contribution in [0.5, 0.6) is 11.5 Å². The molecule has 1 unspecified atom stereocenters. The first kappa shape index (κ1) is 32.1. The first-order valence-corrected chi connectivity index (χ1v) is 17.4. The zero-order valence-electron chi connectivity index (χ0n) is 19.3. The van der Waals surface area contributed by atoms with Gasteiger partial charge in [0.25, 0.3) is 0 Å². The maximum Gasteiger partial charge on any atom is 0.114 e. The molecule has 0 amide bonds. The zero-order valence-corrected chi connectivity index (χ0v) is 24.5. The number of halogens is 1. The van der Waals surface area contributed by atoms with E-state index in [1.54, 1.807) is 12.1 Å². The Hall–Kier alpha value is -1.05. The van der Waals surface area contributed by atoms with E-state index in [4.69, 9.17) is 0 Å². The smallest absolute Gasteiger partial charge is 0.114 e. The standard InChI is InChI=1S/2C9H14OSi.C6H7P.ClH.Cr/c2*1-11(2,3)9-7-5-4-6-8(9)10;7-6-4-2-1-3-5-6;;/h2*4-7,10H,1-3H3;1-5H,7H2;1H;. The average Bonchev–Trinajstić information content (AvgIpc) is 2.62. The number of phenols is 2. The number of phenolic OH excluding ortho intramolecular Hbond substituents is 2. The minimum Gasteiger partial charge on any atom is -0.508 e. The van der Waals surface area contributed by atoms with E-state index in [9.17, 15) is 10.2 Å². The average molecular weight is 531 g/mol. The van der Waals surface area contributed by atoms with Gasteiger partial charge in [-0.15, -0.1) is 21.6 Å². The zero-order chi connectivity index (χ0) is 22.1. The molecule has 2 nitrogen and oxygen atoms in total. The summed E-state index contributed by atoms with van der Waals surface area (Å²) >= 11 is 0. The van der Waals surface area contributed by atoms with E-state index in [1.807, 2.05) is 66.7 Å². The summed E-state index contributed by atoms with van der Waals surface area (Å²) in [7, 11) is -0.0267. The summed E-state index contributed by atoms with van der Waals surface area (Å²) in [6, 6.07) is 25.4. The van der Waals surface area contributed by atoms with Crippen LogP contribution >= 0.6 is 21.6 Å². The Morgan fingerprint density at radius 3 is 1.03 bits per heavy atom. The molecular formula is C24H36ClCrO2PSi2. The predicted octanol–water partition coefficient (Wildman–Crippen LogP) is 5.48. The summed E-state index contributed by atoms with van der Waals surface area (Å²) in [5, 5.41) is 22.5. The van der Waals surface area contributed by atoms with Crippen LogP contribution in [0, 0.1) is 0 Å². The van der Waals surface area contributed by atoms with Gasteiger partial charge in [-0.25, -0.2) is 0 Å². The van der Waals surface area contributed by atoms with E-state index in [0.717, 1.165) is 10.4 Å². The number of benzene rings is 3. The van der Waals surface area contributed by atoms with E-state index in [-0.39, 0.29) is 29.8 Å². The summed E-state index contributed by atoms with van der Waals surface area (Å²) in [6.45, 7) is 13.3. The molecule has 0 saturated heterocycles. The van der Waals surface area contributed by atoms with Gasteiger partial charge in [-0.3, -0.25) is 0 Å². The van der Waals surface area contributed by atoms with Crippen molar-refractivity contribution >= 4 is 53.5 Å². The topological polar surface area (TPSA) is 40.5 Å². The molecule has 0 aliphatic rings. The monoisotopic (exact) mass is 530 g/mol. The van der Waals surface area contributed by atoms with E-state index in [2.05, 4.69) is 48.5 Å². The van der Waals surface area contributed by atoms with Crippen LogP contribution in [0.15, 0.2) is 78.9 Å². The Kier molecular flexibility index (Phi) is 15.4. The second-order valence-corrected chi connectivity index (χ2v) is 19.7. The second kappa shape index (κ2) is 14.9. The molecule has 0 heterocycles. The number of para-hydroxylation sites is 2. The van der Waals surface area contributed by atoms with Gasteiger partial charge in [0.05, 0.1) is 16.1 Å². The van der Waals surface area contributed by atoms with Crippen LogP contribution in [-0.2, 0) is 17.4 Å². The van der Waals surface area contributed by atoms with Crippen molar-refractivity contribution in [2.75, 3.05) is 0 Å². The Bertz CT molecular complexity index is 827. The van der Waals surface area contributed by atoms with Gasteiger partial charge in [-0.1, -0.05) is 106 Å². The van der Waals surface area contributed by atoms with Gasteiger partial charge in [-0.2, -0.15) is 0 Å². The van der Waals surface area contributed by atoms with Crippen molar-refractivity contribution in [2.45, 2.75) is 39.3 Å². The quantitative estimate of drug-likeness (QED) is 0.340. The van der Waals surface area contributed by atoms with E-state index in [0.29, 0.717) is 11.5 Å². The largest absolute Gasteiger partial charge is 0.508 e. The maximum atomic E-state index is 9.48. The van der Waals surface area contributed by atoms with Crippen LogP contribution in [0.3, 0.4) is 0 Å². The fourth-order valence-electron chi connectivity index (χ4n) is 2.67. The third-order valence-electron chi connectivity index (χ3n) is 4.22. The number of hydrogen-bond acceptors (Lipinski definition) is 2. The van der Waals surface area contributed by atoms with E-state index in [1.165, 1.54) is 5.30 Å². The van der Waals surface area contributed by atoms with Crippen LogP contribution in [0.2, 0.25) is 39.3 Å². The number of aromatic hydroxyl groups is 2. The molecule has 2 N–H and O–H groups in total. The molecule has 1 atom stereocenters. The van der Waals surface area contributed by atoms with Crippen LogP contribution in [0.1, 0.15) is 0 Å². The summed E-state index contributed by atoms with van der Waals surface area (Å²) in [5.41, 5.74) is 0. The SMILES string of the molecule is C[Si](C)(C)c1ccccc1O.C[Si](C)(C)c1ccccc1O.Cl.Pc1ccccc1.[Cr]. The van der Waals surface area contributed by atoms with Crippen molar-refractivity contribution in [2.24, 2.45) is 0 Å². The van der Waals surface area contributed by atoms with Crippen molar-refractivity contribution in [1.29, 1.82) is 0 Å². The number of hydrogen-bond donors (Lipinski definition) is 2. The first-order valence-electron chi connectivity index (χ1n) is 9.80. The van der Waals surface area contributed by atoms with Gasteiger partial charge in [0.1, 0.15) is 11.5 Å². The van der Waals surface area contributed by atoms with Crippen molar-refractivity contribution < 1.29 is 27.6 Å². The van der Waals surface area contributed by atoms with Gasteiger partial charge in [-0.05, 0) is 27.8 Å². The summed E-state index contributed by atoms with van der Waals surface area (Å²) in [6.07, 6.45) is 0. The minimum atomic E-state index is -1.33. The van der Waals surface area contributed by atoms with Crippen LogP contribution in [0.4, 0.5) is 0 Å². The van der Waals surface area contributed by atoms with Gasteiger partial charge in [0.2, 0.25) is 0 Å². The van der Waals surface area contributed by atoms with Crippen molar-refractivity contribution in [1.82, 2.24) is 0 Å². The molecule has 0 aliphatic carbocycles. The molecule has 0 fully saturated rings. The van der Waals surface area contributed by atoms with Gasteiger partial charge < -0.3 is 10.2 Å². The Labute approximate surface area is 209 Å². The van der Waals surface area contributed by atoms with Crippen LogP contribution in [0.25, 0.3) is 0 Å². The predicted molar refractivity (Wildman–Crippen MR) is 145 cm³/mol. The molecule has 0 aromatic heterocycles. The molecule has 0 saturated carbocycles. The Morgan fingerprint density at radius 2 is 0.839 bits per heavy atom. The van der Waals surface area contributed by atoms with Gasteiger partial charge >= 0.3 is 0 Å². The second-order valence-electron chi connectivity index (χ2n) is 8.94. The maximum absolute atomic E-state index is 9.48. The first-order chi connectivity index (χ1) is 13.4. The number of rotatable bonds is 2. The molecule has 7 heteroatoms. The fourth-order valence-corrected chi connectivity index (χ4v) is 5.79. The normalized spacial score (nSPS) is 10.2. The molecule has 0 bridgehead atoms. The fraction of sp³-hybridized carbons (Fsp3) is 0.250. The summed E-state index contributed by atoms with van der Waals surface area (Å²) < 4.78 is 0. The molecule has 3 aromatic rings. The Balaban J connectivity index is 0. The van der Waals surface area contributed by atoms with Crippen molar-refractivity contribution in [3.63, 3.8) is 0 Å². The van der Waals surface area contributed by atoms with Crippen molar-refractivity contribution in [3.8, 4) is 11.5 Å². The molecule has 31 heavy (non-hydrogen) atoms. The molecule has 3 rings (SSSR count). The summed E-state index contributed by atoms with van der Waals surface area (Å²) in [4.78, 5) is 0. The summed E-state index contributed by atoms with van der Waals surface area (Å²) in [5.74, 6) is 0.901. The molecule has 0 aliphatic heterocycles. The molecular weight excluding hydrogens is 495 g/mol.